The Balaban J connectivity index is 0.00000220. The van der Waals surface area contributed by atoms with Crippen LogP contribution in [0.1, 0.15) is 26.2 Å². The molecule has 2 rings (SSSR count). The van der Waals surface area contributed by atoms with Crippen LogP contribution in [0.25, 0.3) is 0 Å². The van der Waals surface area contributed by atoms with Crippen LogP contribution in [0.4, 0.5) is 0 Å². The maximum atomic E-state index is 12.2. The van der Waals surface area contributed by atoms with Crippen LogP contribution in [0, 0.1) is 5.41 Å². The second kappa shape index (κ2) is 7.26. The molecule has 1 spiro atoms. The summed E-state index contributed by atoms with van der Waals surface area (Å²) < 4.78 is 24.5. The molecule has 2 fully saturated rings. The van der Waals surface area contributed by atoms with E-state index in [0.717, 1.165) is 43.3 Å². The highest BCUT2D eigenvalue weighted by atomic mass is 35.5. The van der Waals surface area contributed by atoms with Gasteiger partial charge in [0.2, 0.25) is 15.9 Å². The zero-order valence-corrected chi connectivity index (χ0v) is 14.4. The van der Waals surface area contributed by atoms with E-state index in [1.807, 2.05) is 4.90 Å². The smallest absolute Gasteiger partial charge is 0.237 e. The first-order valence-corrected chi connectivity index (χ1v) is 8.92. The molecule has 1 amide bonds. The van der Waals surface area contributed by atoms with E-state index in [0.29, 0.717) is 5.41 Å². The number of likely N-dealkylation sites (tertiary alicyclic amines) is 1. The molecule has 2 aliphatic heterocycles. The number of nitrogens with zero attached hydrogens (tertiary/aromatic N) is 2. The molecule has 0 unspecified atom stereocenters. The zero-order valence-electron chi connectivity index (χ0n) is 12.8. The highest BCUT2D eigenvalue weighted by Crippen LogP contribution is 2.36. The van der Waals surface area contributed by atoms with E-state index in [-0.39, 0.29) is 30.6 Å². The SMILES string of the molecule is CCS(=O)(=O)N(C)CC(=O)N1CCC2(CCNC2)CC1.Cl. The van der Waals surface area contributed by atoms with Crippen LogP contribution in [-0.4, -0.2) is 69.1 Å². The summed E-state index contributed by atoms with van der Waals surface area (Å²) in [4.78, 5) is 14.0. The molecule has 124 valence electrons. The Kier molecular flexibility index (Phi) is 6.46. The molecule has 21 heavy (non-hydrogen) atoms. The average molecular weight is 340 g/mol. The molecule has 0 aliphatic carbocycles. The van der Waals surface area contributed by atoms with Gasteiger partial charge in [-0.3, -0.25) is 4.79 Å². The largest absolute Gasteiger partial charge is 0.342 e. The van der Waals surface area contributed by atoms with Crippen LogP contribution in [-0.2, 0) is 14.8 Å². The molecule has 0 saturated carbocycles. The van der Waals surface area contributed by atoms with Crippen LogP contribution >= 0.6 is 12.4 Å². The van der Waals surface area contributed by atoms with Crippen molar-refractivity contribution in [3.05, 3.63) is 0 Å². The number of rotatable bonds is 4. The van der Waals surface area contributed by atoms with E-state index in [1.165, 1.54) is 13.5 Å². The van der Waals surface area contributed by atoms with E-state index < -0.39 is 10.0 Å². The van der Waals surface area contributed by atoms with E-state index in [9.17, 15) is 13.2 Å². The van der Waals surface area contributed by atoms with Crippen LogP contribution in [0.15, 0.2) is 0 Å². The molecule has 2 saturated heterocycles. The van der Waals surface area contributed by atoms with Gasteiger partial charge in [-0.05, 0) is 38.1 Å². The fourth-order valence-corrected chi connectivity index (χ4v) is 3.81. The molecule has 0 radical (unpaired) electrons. The lowest BCUT2D eigenvalue weighted by molar-refractivity contribution is -0.133. The van der Waals surface area contributed by atoms with Gasteiger partial charge in [0.15, 0.2) is 0 Å². The van der Waals surface area contributed by atoms with Crippen molar-refractivity contribution in [1.29, 1.82) is 0 Å². The summed E-state index contributed by atoms with van der Waals surface area (Å²) in [5.74, 6) is -0.0451. The number of carbonyl (C=O) groups excluding carboxylic acids is 1. The number of hydrogen-bond acceptors (Lipinski definition) is 4. The summed E-state index contributed by atoms with van der Waals surface area (Å²) >= 11 is 0. The number of sulfonamides is 1. The third-order valence-corrected chi connectivity index (χ3v) is 6.51. The summed E-state index contributed by atoms with van der Waals surface area (Å²) in [6.07, 6.45) is 3.24. The standard InChI is InChI=1S/C13H25N3O3S.ClH/c1-3-20(18,19)15(2)10-12(17)16-8-5-13(6-9-16)4-7-14-11-13;/h14H,3-11H2,1-2H3;1H. The second-order valence-corrected chi connectivity index (χ2v) is 8.33. The van der Waals surface area contributed by atoms with Gasteiger partial charge in [-0.25, -0.2) is 8.42 Å². The van der Waals surface area contributed by atoms with Gasteiger partial charge >= 0.3 is 0 Å². The summed E-state index contributed by atoms with van der Waals surface area (Å²) in [5, 5.41) is 3.40. The van der Waals surface area contributed by atoms with Gasteiger partial charge in [0.1, 0.15) is 0 Å². The lowest BCUT2D eigenvalue weighted by atomic mass is 9.78. The number of amides is 1. The molecule has 1 N–H and O–H groups in total. The van der Waals surface area contributed by atoms with Gasteiger partial charge in [-0.1, -0.05) is 0 Å². The molecule has 8 heteroatoms. The van der Waals surface area contributed by atoms with Crippen molar-refractivity contribution in [2.45, 2.75) is 26.2 Å². The molecule has 2 aliphatic rings. The third kappa shape index (κ3) is 4.31. The summed E-state index contributed by atoms with van der Waals surface area (Å²) in [7, 11) is -1.80. The maximum Gasteiger partial charge on any atom is 0.237 e. The summed E-state index contributed by atoms with van der Waals surface area (Å²) in [6, 6.07) is 0. The Morgan fingerprint density at radius 2 is 1.90 bits per heavy atom. The van der Waals surface area contributed by atoms with Gasteiger partial charge in [0.05, 0.1) is 12.3 Å². The van der Waals surface area contributed by atoms with Crippen molar-refractivity contribution in [3.8, 4) is 0 Å². The molecule has 0 aromatic heterocycles. The Bertz CT molecular complexity index is 453. The van der Waals surface area contributed by atoms with Crippen molar-refractivity contribution in [2.75, 3.05) is 45.5 Å². The van der Waals surface area contributed by atoms with E-state index in [1.54, 1.807) is 6.92 Å². The third-order valence-electron chi connectivity index (χ3n) is 4.71. The van der Waals surface area contributed by atoms with Crippen LogP contribution < -0.4 is 5.32 Å². The number of piperidine rings is 1. The number of hydrogen-bond donors (Lipinski definition) is 1. The zero-order chi connectivity index (χ0) is 14.8. The molecule has 0 aromatic rings. The first-order chi connectivity index (χ1) is 9.38. The lowest BCUT2D eigenvalue weighted by Crippen LogP contribution is -2.47. The first-order valence-electron chi connectivity index (χ1n) is 7.31. The quantitative estimate of drug-likeness (QED) is 0.799. The normalized spacial score (nSPS) is 21.6. The van der Waals surface area contributed by atoms with E-state index in [2.05, 4.69) is 5.32 Å². The Morgan fingerprint density at radius 1 is 1.29 bits per heavy atom. The molecule has 0 aromatic carbocycles. The van der Waals surface area contributed by atoms with Crippen molar-refractivity contribution in [3.63, 3.8) is 0 Å². The highest BCUT2D eigenvalue weighted by molar-refractivity contribution is 7.89. The average Bonchev–Trinajstić information content (AvgIpc) is 2.87. The minimum atomic E-state index is -3.28. The van der Waals surface area contributed by atoms with Gasteiger partial charge in [0, 0.05) is 26.7 Å². The lowest BCUT2D eigenvalue weighted by Gasteiger charge is -2.39. The molecular weight excluding hydrogens is 314 g/mol. The second-order valence-electron chi connectivity index (χ2n) is 5.96. The van der Waals surface area contributed by atoms with Crippen LogP contribution in [0.5, 0.6) is 0 Å². The Labute approximate surface area is 133 Å². The predicted molar refractivity (Wildman–Crippen MR) is 85.1 cm³/mol. The number of nitrogens with one attached hydrogen (secondary N) is 1. The first kappa shape index (κ1) is 18.7. The van der Waals surface area contributed by atoms with E-state index >= 15 is 0 Å². The van der Waals surface area contributed by atoms with Crippen molar-refractivity contribution in [2.24, 2.45) is 5.41 Å². The minimum absolute atomic E-state index is 0. The fraction of sp³-hybridized carbons (Fsp3) is 0.923. The number of carbonyl (C=O) groups is 1. The van der Waals surface area contributed by atoms with Crippen LogP contribution in [0.2, 0.25) is 0 Å². The van der Waals surface area contributed by atoms with E-state index in [4.69, 9.17) is 0 Å². The van der Waals surface area contributed by atoms with Gasteiger partial charge in [-0.15, -0.1) is 12.4 Å². The Hall–Kier alpha value is -0.370. The highest BCUT2D eigenvalue weighted by Gasteiger charge is 2.38. The molecular formula is C13H26ClN3O3S. The molecule has 0 bridgehead atoms. The molecule has 0 atom stereocenters. The summed E-state index contributed by atoms with van der Waals surface area (Å²) in [5.41, 5.74) is 0.373. The Morgan fingerprint density at radius 3 is 2.38 bits per heavy atom. The monoisotopic (exact) mass is 339 g/mol. The number of halogens is 1. The minimum Gasteiger partial charge on any atom is -0.342 e. The van der Waals surface area contributed by atoms with Crippen molar-refractivity contribution < 1.29 is 13.2 Å². The van der Waals surface area contributed by atoms with Gasteiger partial charge in [0.25, 0.3) is 0 Å². The van der Waals surface area contributed by atoms with Gasteiger partial charge < -0.3 is 10.2 Å². The fourth-order valence-electron chi connectivity index (χ4n) is 3.06. The van der Waals surface area contributed by atoms with Gasteiger partial charge in [-0.2, -0.15) is 4.31 Å². The summed E-state index contributed by atoms with van der Waals surface area (Å²) in [6.45, 7) is 5.18. The maximum absolute atomic E-state index is 12.2. The predicted octanol–water partition coefficient (Wildman–Crippen LogP) is 0.292. The topological polar surface area (TPSA) is 69.7 Å². The number of likely N-dealkylation sites (N-methyl/N-ethyl adjacent to an activating group) is 1. The molecule has 2 heterocycles. The van der Waals surface area contributed by atoms with Crippen LogP contribution in [0.3, 0.4) is 0 Å². The van der Waals surface area contributed by atoms with Crippen molar-refractivity contribution in [1.82, 2.24) is 14.5 Å². The molecule has 6 nitrogen and oxygen atoms in total. The van der Waals surface area contributed by atoms with Crippen molar-refractivity contribution >= 4 is 28.3 Å².